The molecule has 0 fully saturated rings. The monoisotopic (exact) mass is 256 g/mol. The molecule has 5 heteroatoms. The van der Waals surface area contributed by atoms with Gasteiger partial charge in [0.15, 0.2) is 9.84 Å². The SMILES string of the molecule is CS(=O)(=O)CCOc1ccc2c(c1)CCC2O. The molecule has 0 spiro atoms. The van der Waals surface area contributed by atoms with Crippen molar-refractivity contribution in [2.75, 3.05) is 18.6 Å². The van der Waals surface area contributed by atoms with E-state index < -0.39 is 9.84 Å². The quantitative estimate of drug-likeness (QED) is 0.876. The van der Waals surface area contributed by atoms with Crippen molar-refractivity contribution >= 4 is 9.84 Å². The summed E-state index contributed by atoms with van der Waals surface area (Å²) in [6.07, 6.45) is 2.42. The highest BCUT2D eigenvalue weighted by Crippen LogP contribution is 2.33. The third-order valence-electron chi connectivity index (χ3n) is 2.88. The molecule has 0 aromatic heterocycles. The lowest BCUT2D eigenvalue weighted by atomic mass is 10.1. The number of aryl methyl sites for hydroxylation is 1. The van der Waals surface area contributed by atoms with E-state index in [0.717, 1.165) is 24.0 Å². The Balaban J connectivity index is 1.99. The Kier molecular flexibility index (Phi) is 3.40. The molecule has 2 rings (SSSR count). The molecule has 4 nitrogen and oxygen atoms in total. The first-order valence-electron chi connectivity index (χ1n) is 5.57. The molecule has 94 valence electrons. The van der Waals surface area contributed by atoms with Gasteiger partial charge in [0.05, 0.1) is 11.9 Å². The van der Waals surface area contributed by atoms with Gasteiger partial charge in [-0.15, -0.1) is 0 Å². The Bertz CT molecular complexity index is 507. The summed E-state index contributed by atoms with van der Waals surface area (Å²) in [5, 5.41) is 9.63. The summed E-state index contributed by atoms with van der Waals surface area (Å²) in [5.74, 6) is 0.689. The van der Waals surface area contributed by atoms with Gasteiger partial charge in [0, 0.05) is 6.26 Å². The number of hydrogen-bond acceptors (Lipinski definition) is 4. The summed E-state index contributed by atoms with van der Waals surface area (Å²) in [4.78, 5) is 0. The number of aliphatic hydroxyl groups excluding tert-OH is 1. The first-order valence-corrected chi connectivity index (χ1v) is 7.63. The molecular weight excluding hydrogens is 240 g/mol. The predicted molar refractivity (Wildman–Crippen MR) is 64.9 cm³/mol. The van der Waals surface area contributed by atoms with Crippen LogP contribution in [0.3, 0.4) is 0 Å². The maximum absolute atomic E-state index is 10.9. The summed E-state index contributed by atoms with van der Waals surface area (Å²) < 4.78 is 27.3. The van der Waals surface area contributed by atoms with Crippen molar-refractivity contribution in [1.82, 2.24) is 0 Å². The van der Waals surface area contributed by atoms with E-state index >= 15 is 0 Å². The van der Waals surface area contributed by atoms with Gasteiger partial charge in [-0.25, -0.2) is 8.42 Å². The highest BCUT2D eigenvalue weighted by Gasteiger charge is 2.20. The fourth-order valence-electron chi connectivity index (χ4n) is 1.97. The molecule has 1 aliphatic carbocycles. The minimum absolute atomic E-state index is 0.0205. The topological polar surface area (TPSA) is 63.6 Å². The van der Waals surface area contributed by atoms with Crippen LogP contribution in [-0.4, -0.2) is 32.1 Å². The maximum atomic E-state index is 10.9. The zero-order chi connectivity index (χ0) is 12.5. The predicted octanol–water partition coefficient (Wildman–Crippen LogP) is 1.09. The second-order valence-corrected chi connectivity index (χ2v) is 6.65. The summed E-state index contributed by atoms with van der Waals surface area (Å²) in [7, 11) is -2.98. The van der Waals surface area contributed by atoms with Gasteiger partial charge in [-0.3, -0.25) is 0 Å². The zero-order valence-electron chi connectivity index (χ0n) is 9.72. The Hall–Kier alpha value is -1.07. The third-order valence-corrected chi connectivity index (χ3v) is 3.79. The van der Waals surface area contributed by atoms with E-state index in [1.807, 2.05) is 12.1 Å². The summed E-state index contributed by atoms with van der Waals surface area (Å²) >= 11 is 0. The van der Waals surface area contributed by atoms with Crippen LogP contribution in [0.2, 0.25) is 0 Å². The first-order chi connectivity index (χ1) is 7.96. The third kappa shape index (κ3) is 3.20. The van der Waals surface area contributed by atoms with Crippen LogP contribution >= 0.6 is 0 Å². The van der Waals surface area contributed by atoms with Crippen molar-refractivity contribution in [1.29, 1.82) is 0 Å². The lowest BCUT2D eigenvalue weighted by molar-refractivity contribution is 0.180. The normalized spacial score (nSPS) is 19.1. The maximum Gasteiger partial charge on any atom is 0.150 e. The molecule has 0 saturated heterocycles. The minimum Gasteiger partial charge on any atom is -0.493 e. The molecule has 1 unspecified atom stereocenters. The summed E-state index contributed by atoms with van der Waals surface area (Å²) in [5.41, 5.74) is 2.05. The Morgan fingerprint density at radius 1 is 1.47 bits per heavy atom. The molecule has 17 heavy (non-hydrogen) atoms. The van der Waals surface area contributed by atoms with Crippen LogP contribution in [-0.2, 0) is 16.3 Å². The van der Waals surface area contributed by atoms with E-state index in [1.54, 1.807) is 6.07 Å². The summed E-state index contributed by atoms with van der Waals surface area (Å²) in [6.45, 7) is 0.167. The first kappa shape index (κ1) is 12.4. The van der Waals surface area contributed by atoms with Crippen molar-refractivity contribution < 1.29 is 18.3 Å². The van der Waals surface area contributed by atoms with Gasteiger partial charge in [0.25, 0.3) is 0 Å². The molecule has 0 saturated carbocycles. The standard InChI is InChI=1S/C12H16O4S/c1-17(14,15)7-6-16-10-3-4-11-9(8-10)2-5-12(11)13/h3-4,8,12-13H,2,5-7H2,1H3. The Morgan fingerprint density at radius 3 is 2.94 bits per heavy atom. The molecule has 0 amide bonds. The molecule has 1 aromatic rings. The number of ether oxygens (including phenoxy) is 1. The van der Waals surface area contributed by atoms with E-state index in [-0.39, 0.29) is 18.5 Å². The Morgan fingerprint density at radius 2 is 2.24 bits per heavy atom. The second kappa shape index (κ2) is 4.66. The molecular formula is C12H16O4S. The van der Waals surface area contributed by atoms with Crippen molar-refractivity contribution in [2.24, 2.45) is 0 Å². The fraction of sp³-hybridized carbons (Fsp3) is 0.500. The van der Waals surface area contributed by atoms with E-state index in [0.29, 0.717) is 5.75 Å². The van der Waals surface area contributed by atoms with Gasteiger partial charge < -0.3 is 9.84 Å². The van der Waals surface area contributed by atoms with Gasteiger partial charge in [-0.05, 0) is 36.1 Å². The minimum atomic E-state index is -2.98. The van der Waals surface area contributed by atoms with Gasteiger partial charge in [0.1, 0.15) is 12.4 Å². The highest BCUT2D eigenvalue weighted by molar-refractivity contribution is 7.90. The van der Waals surface area contributed by atoms with E-state index in [2.05, 4.69) is 0 Å². The molecule has 0 heterocycles. The van der Waals surface area contributed by atoms with Crippen LogP contribution in [0.15, 0.2) is 18.2 Å². The van der Waals surface area contributed by atoms with Crippen molar-refractivity contribution in [3.63, 3.8) is 0 Å². The molecule has 1 atom stereocenters. The fourth-order valence-corrected chi connectivity index (χ4v) is 2.36. The van der Waals surface area contributed by atoms with Gasteiger partial charge >= 0.3 is 0 Å². The molecule has 0 radical (unpaired) electrons. The number of fused-ring (bicyclic) bond motifs is 1. The number of benzene rings is 1. The Labute approximate surface area is 101 Å². The van der Waals surface area contributed by atoms with Crippen molar-refractivity contribution in [3.8, 4) is 5.75 Å². The molecule has 0 bridgehead atoms. The van der Waals surface area contributed by atoms with Crippen LogP contribution < -0.4 is 4.74 Å². The van der Waals surface area contributed by atoms with Crippen LogP contribution in [0.25, 0.3) is 0 Å². The lowest BCUT2D eigenvalue weighted by Crippen LogP contribution is -2.12. The molecule has 0 aliphatic heterocycles. The van der Waals surface area contributed by atoms with Crippen LogP contribution in [0.5, 0.6) is 5.75 Å². The van der Waals surface area contributed by atoms with Crippen LogP contribution in [0.1, 0.15) is 23.7 Å². The molecule has 1 aliphatic rings. The van der Waals surface area contributed by atoms with Gasteiger partial charge in [-0.1, -0.05) is 6.07 Å². The number of hydrogen-bond donors (Lipinski definition) is 1. The highest BCUT2D eigenvalue weighted by atomic mass is 32.2. The van der Waals surface area contributed by atoms with Gasteiger partial charge in [-0.2, -0.15) is 0 Å². The van der Waals surface area contributed by atoms with Crippen molar-refractivity contribution in [3.05, 3.63) is 29.3 Å². The summed E-state index contributed by atoms with van der Waals surface area (Å²) in [6, 6.07) is 5.51. The van der Waals surface area contributed by atoms with Crippen molar-refractivity contribution in [2.45, 2.75) is 18.9 Å². The smallest absolute Gasteiger partial charge is 0.150 e. The number of sulfone groups is 1. The average molecular weight is 256 g/mol. The largest absolute Gasteiger partial charge is 0.493 e. The zero-order valence-corrected chi connectivity index (χ0v) is 10.5. The van der Waals surface area contributed by atoms with E-state index in [9.17, 15) is 13.5 Å². The van der Waals surface area contributed by atoms with Gasteiger partial charge in [0.2, 0.25) is 0 Å². The number of aliphatic hydroxyl groups is 1. The second-order valence-electron chi connectivity index (χ2n) is 4.39. The van der Waals surface area contributed by atoms with E-state index in [4.69, 9.17) is 4.74 Å². The van der Waals surface area contributed by atoms with E-state index in [1.165, 1.54) is 6.26 Å². The lowest BCUT2D eigenvalue weighted by Gasteiger charge is -2.08. The molecule has 1 N–H and O–H groups in total. The molecule has 1 aromatic carbocycles. The van der Waals surface area contributed by atoms with Crippen LogP contribution in [0.4, 0.5) is 0 Å². The average Bonchev–Trinajstić information content (AvgIpc) is 2.58. The number of rotatable bonds is 4. The van der Waals surface area contributed by atoms with Crippen LogP contribution in [0, 0.1) is 0 Å².